The molecule has 0 radical (unpaired) electrons. The minimum atomic E-state index is -1.23. The molecule has 0 unspecified atom stereocenters. The zero-order valence-corrected chi connectivity index (χ0v) is 24.2. The van der Waals surface area contributed by atoms with Gasteiger partial charge in [0, 0.05) is 42.2 Å². The van der Waals surface area contributed by atoms with E-state index in [1.54, 1.807) is 38.1 Å². The standard InChI is InChI=1S/C28H36N6O8/c1-6-33(7-2)21-11-10-20(34(38)39)13-19(21)15-29-32-24(35)16-42-22-12-9-18(14-23(22)41-8-3)26-25(27(36)40-5)17(4)30-28(37)31-26/h9-15,24,26,32,35H,6-8,16H2,1-5H3,(H2,30,31,37)/b29-15-/t24-,26-/m1/s1. The number of aliphatic hydroxyl groups is 1. The first-order valence-electron chi connectivity index (χ1n) is 13.4. The predicted molar refractivity (Wildman–Crippen MR) is 156 cm³/mol. The molecule has 226 valence electrons. The van der Waals surface area contributed by atoms with Gasteiger partial charge in [-0.3, -0.25) is 15.5 Å². The van der Waals surface area contributed by atoms with Gasteiger partial charge in [-0.25, -0.2) is 9.59 Å². The highest BCUT2D eigenvalue weighted by atomic mass is 16.6. The number of aliphatic hydroxyl groups excluding tert-OH is 1. The normalized spacial score (nSPS) is 15.5. The second-order valence-corrected chi connectivity index (χ2v) is 9.09. The quantitative estimate of drug-likeness (QED) is 0.0849. The second kappa shape index (κ2) is 14.7. The Bertz CT molecular complexity index is 1360. The fourth-order valence-electron chi connectivity index (χ4n) is 4.43. The number of allylic oxidation sites excluding steroid dienone is 1. The number of esters is 1. The highest BCUT2D eigenvalue weighted by molar-refractivity contribution is 5.95. The molecule has 0 spiro atoms. The molecule has 1 aliphatic heterocycles. The Morgan fingerprint density at radius 3 is 2.57 bits per heavy atom. The molecule has 0 aromatic heterocycles. The van der Waals surface area contributed by atoms with Crippen molar-refractivity contribution in [3.8, 4) is 11.5 Å². The molecule has 0 saturated heterocycles. The van der Waals surface area contributed by atoms with Crippen molar-refractivity contribution in [3.05, 3.63) is 68.9 Å². The van der Waals surface area contributed by atoms with Gasteiger partial charge in [-0.1, -0.05) is 6.07 Å². The van der Waals surface area contributed by atoms with Crippen molar-refractivity contribution in [1.82, 2.24) is 16.1 Å². The van der Waals surface area contributed by atoms with Crippen LogP contribution in [-0.4, -0.2) is 67.9 Å². The molecule has 1 heterocycles. The average molecular weight is 585 g/mol. The zero-order valence-electron chi connectivity index (χ0n) is 24.2. The number of amides is 2. The van der Waals surface area contributed by atoms with E-state index in [-0.39, 0.29) is 17.9 Å². The van der Waals surface area contributed by atoms with Gasteiger partial charge in [-0.15, -0.1) is 0 Å². The summed E-state index contributed by atoms with van der Waals surface area (Å²) in [5, 5.41) is 31.1. The predicted octanol–water partition coefficient (Wildman–Crippen LogP) is 2.96. The Hall–Kier alpha value is -4.85. The van der Waals surface area contributed by atoms with Crippen LogP contribution in [0.3, 0.4) is 0 Å². The molecule has 0 saturated carbocycles. The van der Waals surface area contributed by atoms with Gasteiger partial charge in [0.1, 0.15) is 6.61 Å². The van der Waals surface area contributed by atoms with Crippen LogP contribution in [0.25, 0.3) is 0 Å². The summed E-state index contributed by atoms with van der Waals surface area (Å²) in [5.74, 6) is 0.0571. The fraction of sp³-hybridized carbons (Fsp3) is 0.393. The smallest absolute Gasteiger partial charge is 0.337 e. The van der Waals surface area contributed by atoms with Crippen LogP contribution in [-0.2, 0) is 9.53 Å². The molecule has 4 N–H and O–H groups in total. The average Bonchev–Trinajstić information content (AvgIpc) is 2.97. The van der Waals surface area contributed by atoms with E-state index in [1.165, 1.54) is 25.5 Å². The van der Waals surface area contributed by atoms with Gasteiger partial charge in [0.15, 0.2) is 17.7 Å². The van der Waals surface area contributed by atoms with Gasteiger partial charge in [0.2, 0.25) is 0 Å². The van der Waals surface area contributed by atoms with Crippen LogP contribution in [0.2, 0.25) is 0 Å². The molecular weight excluding hydrogens is 548 g/mol. The topological polar surface area (TPSA) is 177 Å². The summed E-state index contributed by atoms with van der Waals surface area (Å²) in [6.45, 7) is 8.84. The van der Waals surface area contributed by atoms with Crippen LogP contribution in [0.15, 0.2) is 52.8 Å². The molecule has 1 aliphatic rings. The van der Waals surface area contributed by atoms with Crippen LogP contribution < -0.4 is 30.4 Å². The number of rotatable bonds is 14. The van der Waals surface area contributed by atoms with E-state index in [2.05, 4.69) is 21.2 Å². The number of nitrogens with zero attached hydrogens (tertiary/aromatic N) is 3. The van der Waals surface area contributed by atoms with Crippen molar-refractivity contribution in [2.45, 2.75) is 40.0 Å². The van der Waals surface area contributed by atoms with Crippen LogP contribution in [0.4, 0.5) is 16.2 Å². The third-order valence-corrected chi connectivity index (χ3v) is 6.43. The molecule has 0 aliphatic carbocycles. The van der Waals surface area contributed by atoms with Crippen molar-refractivity contribution in [3.63, 3.8) is 0 Å². The minimum absolute atomic E-state index is 0.0726. The van der Waals surface area contributed by atoms with Gasteiger partial charge in [0.05, 0.1) is 36.5 Å². The number of nitrogens with one attached hydrogen (secondary N) is 3. The first kappa shape index (κ1) is 31.7. The lowest BCUT2D eigenvalue weighted by Crippen LogP contribution is -2.45. The van der Waals surface area contributed by atoms with E-state index in [4.69, 9.17) is 14.2 Å². The van der Waals surface area contributed by atoms with Gasteiger partial charge >= 0.3 is 12.0 Å². The molecular formula is C28H36N6O8. The summed E-state index contributed by atoms with van der Waals surface area (Å²) in [7, 11) is 1.26. The van der Waals surface area contributed by atoms with Crippen LogP contribution in [0.1, 0.15) is 44.9 Å². The summed E-state index contributed by atoms with van der Waals surface area (Å²) in [6, 6.07) is 8.20. The molecule has 2 aromatic rings. The van der Waals surface area contributed by atoms with Gasteiger partial charge in [-0.2, -0.15) is 5.10 Å². The lowest BCUT2D eigenvalue weighted by molar-refractivity contribution is -0.384. The maximum Gasteiger partial charge on any atom is 0.337 e. The van der Waals surface area contributed by atoms with E-state index in [9.17, 15) is 24.8 Å². The number of hydrogen-bond donors (Lipinski definition) is 4. The largest absolute Gasteiger partial charge is 0.490 e. The molecule has 0 bridgehead atoms. The van der Waals surface area contributed by atoms with E-state index in [0.29, 0.717) is 48.0 Å². The van der Waals surface area contributed by atoms with Gasteiger partial charge in [-0.05, 0) is 51.5 Å². The number of anilines is 1. The molecule has 2 atom stereocenters. The summed E-state index contributed by atoms with van der Waals surface area (Å²) in [5.41, 5.74) is 4.96. The highest BCUT2D eigenvalue weighted by Gasteiger charge is 2.32. The van der Waals surface area contributed by atoms with Crippen molar-refractivity contribution >= 4 is 29.6 Å². The molecule has 42 heavy (non-hydrogen) atoms. The van der Waals surface area contributed by atoms with Crippen LogP contribution >= 0.6 is 0 Å². The summed E-state index contributed by atoms with van der Waals surface area (Å²) in [6.07, 6.45) is 0.178. The third kappa shape index (κ3) is 7.66. The summed E-state index contributed by atoms with van der Waals surface area (Å²) < 4.78 is 16.4. The fourth-order valence-corrected chi connectivity index (χ4v) is 4.43. The van der Waals surface area contributed by atoms with Crippen molar-refractivity contribution < 1.29 is 33.8 Å². The Labute approximate surface area is 243 Å². The number of carbonyl (C=O) groups is 2. The number of carbonyl (C=O) groups excluding carboxylic acids is 2. The van der Waals surface area contributed by atoms with Crippen LogP contribution in [0, 0.1) is 10.1 Å². The third-order valence-electron chi connectivity index (χ3n) is 6.43. The number of hydrazone groups is 1. The maximum atomic E-state index is 12.4. The summed E-state index contributed by atoms with van der Waals surface area (Å²) >= 11 is 0. The van der Waals surface area contributed by atoms with E-state index in [1.807, 2.05) is 18.7 Å². The number of nitro groups is 1. The molecule has 14 nitrogen and oxygen atoms in total. The number of methoxy groups -OCH3 is 1. The van der Waals surface area contributed by atoms with E-state index in [0.717, 1.165) is 5.69 Å². The van der Waals surface area contributed by atoms with E-state index >= 15 is 0 Å². The Kier molecular flexibility index (Phi) is 11.1. The Balaban J connectivity index is 1.74. The van der Waals surface area contributed by atoms with Crippen molar-refractivity contribution in [2.24, 2.45) is 5.10 Å². The number of non-ortho nitro benzene ring substituents is 1. The SMILES string of the molecule is CCOc1cc([C@H]2NC(=O)NC(C)=C2C(=O)OC)ccc1OC[C@@H](O)N/N=C\c1cc([N+](=O)[O-])ccc1N(CC)CC. The van der Waals surface area contributed by atoms with Crippen molar-refractivity contribution in [1.29, 1.82) is 0 Å². The molecule has 14 heteroatoms. The number of urea groups is 1. The second-order valence-electron chi connectivity index (χ2n) is 9.09. The molecule has 0 fully saturated rings. The zero-order chi connectivity index (χ0) is 30.8. The minimum Gasteiger partial charge on any atom is -0.490 e. The lowest BCUT2D eigenvalue weighted by atomic mass is 9.95. The number of benzene rings is 2. The number of hydrogen-bond acceptors (Lipinski definition) is 11. The molecule has 2 amide bonds. The first-order valence-corrected chi connectivity index (χ1v) is 13.4. The first-order chi connectivity index (χ1) is 20.1. The maximum absolute atomic E-state index is 12.4. The Morgan fingerprint density at radius 2 is 1.93 bits per heavy atom. The van der Waals surface area contributed by atoms with Gasteiger partial charge in [0.25, 0.3) is 5.69 Å². The highest BCUT2D eigenvalue weighted by Crippen LogP contribution is 2.35. The number of ether oxygens (including phenoxy) is 3. The summed E-state index contributed by atoms with van der Waals surface area (Å²) in [4.78, 5) is 37.4. The van der Waals surface area contributed by atoms with Crippen molar-refractivity contribution in [2.75, 3.05) is 38.3 Å². The number of nitro benzene ring substituents is 1. The van der Waals surface area contributed by atoms with E-state index < -0.39 is 29.2 Å². The Morgan fingerprint density at radius 1 is 1.19 bits per heavy atom. The van der Waals surface area contributed by atoms with Crippen LogP contribution in [0.5, 0.6) is 11.5 Å². The monoisotopic (exact) mass is 584 g/mol. The van der Waals surface area contributed by atoms with Gasteiger partial charge < -0.3 is 34.9 Å². The lowest BCUT2D eigenvalue weighted by Gasteiger charge is -2.28. The molecule has 3 rings (SSSR count). The molecule has 2 aromatic carbocycles.